The SMILES string of the molecule is CC/C=C\C=C/n1cnc(N2CCOCC2)c(C=O)c1=O. The highest BCUT2D eigenvalue weighted by Gasteiger charge is 2.18. The van der Waals surface area contributed by atoms with Crippen molar-refractivity contribution in [3.63, 3.8) is 0 Å². The number of ether oxygens (including phenoxy) is 1. The van der Waals surface area contributed by atoms with E-state index in [1.807, 2.05) is 24.0 Å². The summed E-state index contributed by atoms with van der Waals surface area (Å²) in [6.45, 7) is 4.44. The summed E-state index contributed by atoms with van der Waals surface area (Å²) in [5.74, 6) is 0.437. The Bertz CT molecular complexity index is 599. The van der Waals surface area contributed by atoms with Crippen LogP contribution in [0.25, 0.3) is 6.20 Å². The third-order valence-corrected chi connectivity index (χ3v) is 3.17. The van der Waals surface area contributed by atoms with Crippen molar-refractivity contribution in [2.75, 3.05) is 31.2 Å². The van der Waals surface area contributed by atoms with E-state index in [1.54, 1.807) is 12.3 Å². The zero-order valence-electron chi connectivity index (χ0n) is 12.1. The quantitative estimate of drug-likeness (QED) is 0.604. The molecule has 0 spiro atoms. The van der Waals surface area contributed by atoms with Crippen molar-refractivity contribution in [3.8, 4) is 0 Å². The first kappa shape index (κ1) is 15.2. The van der Waals surface area contributed by atoms with E-state index in [-0.39, 0.29) is 11.1 Å². The number of aromatic nitrogens is 2. The molecule has 1 aromatic rings. The summed E-state index contributed by atoms with van der Waals surface area (Å²) < 4.78 is 6.58. The van der Waals surface area contributed by atoms with Crippen LogP contribution in [0.15, 0.2) is 29.3 Å². The minimum absolute atomic E-state index is 0.0866. The third-order valence-electron chi connectivity index (χ3n) is 3.17. The second-order valence-corrected chi connectivity index (χ2v) is 4.59. The number of anilines is 1. The number of allylic oxidation sites excluding steroid dienone is 3. The van der Waals surface area contributed by atoms with E-state index in [9.17, 15) is 9.59 Å². The van der Waals surface area contributed by atoms with Crippen LogP contribution in [-0.4, -0.2) is 42.1 Å². The first-order valence-electron chi connectivity index (χ1n) is 7.00. The highest BCUT2D eigenvalue weighted by atomic mass is 16.5. The molecule has 1 aromatic heterocycles. The zero-order valence-corrected chi connectivity index (χ0v) is 12.1. The Morgan fingerprint density at radius 3 is 2.76 bits per heavy atom. The first-order valence-corrected chi connectivity index (χ1v) is 7.00. The van der Waals surface area contributed by atoms with Gasteiger partial charge in [-0.25, -0.2) is 4.98 Å². The highest BCUT2D eigenvalue weighted by Crippen LogP contribution is 2.13. The lowest BCUT2D eigenvalue weighted by Gasteiger charge is -2.28. The molecule has 1 fully saturated rings. The molecule has 0 saturated carbocycles. The largest absolute Gasteiger partial charge is 0.378 e. The molecule has 2 heterocycles. The topological polar surface area (TPSA) is 64.4 Å². The minimum atomic E-state index is -0.359. The average Bonchev–Trinajstić information content (AvgIpc) is 2.53. The standard InChI is InChI=1S/C15H19N3O3/c1-2-3-4-5-6-18-12-16-14(13(11-19)15(18)20)17-7-9-21-10-8-17/h3-6,11-12H,2,7-10H2,1H3/b4-3-,6-5-. The van der Waals surface area contributed by atoms with Crippen molar-refractivity contribution in [2.45, 2.75) is 13.3 Å². The Balaban J connectivity index is 2.31. The molecule has 112 valence electrons. The number of aldehydes is 1. The van der Waals surface area contributed by atoms with Crippen LogP contribution in [0.2, 0.25) is 0 Å². The third kappa shape index (κ3) is 3.66. The van der Waals surface area contributed by atoms with Gasteiger partial charge in [-0.2, -0.15) is 0 Å². The predicted molar refractivity (Wildman–Crippen MR) is 81.7 cm³/mol. The number of hydrogen-bond acceptors (Lipinski definition) is 5. The lowest BCUT2D eigenvalue weighted by atomic mass is 10.3. The average molecular weight is 289 g/mol. The molecule has 0 radical (unpaired) electrons. The van der Waals surface area contributed by atoms with Crippen LogP contribution < -0.4 is 10.5 Å². The smallest absolute Gasteiger partial charge is 0.270 e. The van der Waals surface area contributed by atoms with Gasteiger partial charge in [-0.3, -0.25) is 14.2 Å². The summed E-state index contributed by atoms with van der Waals surface area (Å²) in [5.41, 5.74) is -0.272. The van der Waals surface area contributed by atoms with Crippen LogP contribution in [-0.2, 0) is 4.74 Å². The van der Waals surface area contributed by atoms with Crippen molar-refractivity contribution in [3.05, 3.63) is 40.5 Å². The molecule has 0 aromatic carbocycles. The van der Waals surface area contributed by atoms with Gasteiger partial charge in [0.05, 0.1) is 13.2 Å². The van der Waals surface area contributed by atoms with E-state index >= 15 is 0 Å². The lowest BCUT2D eigenvalue weighted by molar-refractivity contribution is 0.111. The van der Waals surface area contributed by atoms with Gasteiger partial charge in [-0.05, 0) is 12.5 Å². The van der Waals surface area contributed by atoms with Crippen LogP contribution in [0.1, 0.15) is 23.7 Å². The monoisotopic (exact) mass is 289 g/mol. The molecule has 6 heteroatoms. The Morgan fingerprint density at radius 1 is 1.33 bits per heavy atom. The maximum atomic E-state index is 12.3. The number of carbonyl (C=O) groups is 1. The van der Waals surface area contributed by atoms with Crippen LogP contribution in [0.3, 0.4) is 0 Å². The maximum Gasteiger partial charge on any atom is 0.270 e. The van der Waals surface area contributed by atoms with E-state index in [0.717, 1.165) is 6.42 Å². The molecule has 1 saturated heterocycles. The maximum absolute atomic E-state index is 12.3. The van der Waals surface area contributed by atoms with Gasteiger partial charge in [0.15, 0.2) is 6.29 Å². The van der Waals surface area contributed by atoms with Crippen molar-refractivity contribution in [1.82, 2.24) is 9.55 Å². The van der Waals surface area contributed by atoms with Gasteiger partial charge in [-0.1, -0.05) is 19.1 Å². The summed E-state index contributed by atoms with van der Waals surface area (Å²) >= 11 is 0. The van der Waals surface area contributed by atoms with Crippen molar-refractivity contribution < 1.29 is 9.53 Å². The Morgan fingerprint density at radius 2 is 2.10 bits per heavy atom. The molecule has 0 aliphatic carbocycles. The molecule has 2 rings (SSSR count). The van der Waals surface area contributed by atoms with Gasteiger partial charge in [0.1, 0.15) is 17.7 Å². The molecule has 0 bridgehead atoms. The molecule has 0 unspecified atom stereocenters. The van der Waals surface area contributed by atoms with Gasteiger partial charge >= 0.3 is 0 Å². The van der Waals surface area contributed by atoms with Crippen molar-refractivity contribution in [2.24, 2.45) is 0 Å². The van der Waals surface area contributed by atoms with E-state index in [2.05, 4.69) is 4.98 Å². The fourth-order valence-electron chi connectivity index (χ4n) is 2.07. The predicted octanol–water partition coefficient (Wildman–Crippen LogP) is 1.33. The van der Waals surface area contributed by atoms with Crippen molar-refractivity contribution >= 4 is 18.3 Å². The zero-order chi connectivity index (χ0) is 15.1. The van der Waals surface area contributed by atoms with Crippen LogP contribution in [0.4, 0.5) is 5.82 Å². The van der Waals surface area contributed by atoms with Crippen molar-refractivity contribution in [1.29, 1.82) is 0 Å². The molecular weight excluding hydrogens is 270 g/mol. The van der Waals surface area contributed by atoms with Gasteiger partial charge < -0.3 is 9.64 Å². The highest BCUT2D eigenvalue weighted by molar-refractivity contribution is 5.82. The number of morpholine rings is 1. The van der Waals surface area contributed by atoms with E-state index in [0.29, 0.717) is 38.4 Å². The molecule has 0 N–H and O–H groups in total. The molecule has 21 heavy (non-hydrogen) atoms. The van der Waals surface area contributed by atoms with E-state index in [1.165, 1.54) is 10.9 Å². The van der Waals surface area contributed by atoms with Crippen LogP contribution >= 0.6 is 0 Å². The summed E-state index contributed by atoms with van der Waals surface area (Å²) in [5, 5.41) is 0. The molecule has 0 amide bonds. The lowest BCUT2D eigenvalue weighted by Crippen LogP contribution is -2.39. The van der Waals surface area contributed by atoms with Gasteiger partial charge in [-0.15, -0.1) is 0 Å². The summed E-state index contributed by atoms with van der Waals surface area (Å²) in [4.78, 5) is 29.7. The summed E-state index contributed by atoms with van der Waals surface area (Å²) in [7, 11) is 0. The minimum Gasteiger partial charge on any atom is -0.378 e. The number of nitrogens with zero attached hydrogens (tertiary/aromatic N) is 3. The van der Waals surface area contributed by atoms with Gasteiger partial charge in [0, 0.05) is 19.3 Å². The van der Waals surface area contributed by atoms with Crippen LogP contribution in [0, 0.1) is 0 Å². The first-order chi connectivity index (χ1) is 10.3. The Labute approximate surface area is 123 Å². The van der Waals surface area contributed by atoms with E-state index < -0.39 is 0 Å². The molecular formula is C15H19N3O3. The molecule has 0 atom stereocenters. The molecule has 1 aliphatic heterocycles. The second kappa shape index (κ2) is 7.54. The Kier molecular flexibility index (Phi) is 5.45. The van der Waals surface area contributed by atoms with E-state index in [4.69, 9.17) is 4.74 Å². The van der Waals surface area contributed by atoms with Gasteiger partial charge in [0.25, 0.3) is 5.56 Å². The number of hydrogen-bond donors (Lipinski definition) is 0. The Hall–Kier alpha value is -2.21. The number of rotatable bonds is 5. The summed E-state index contributed by atoms with van der Waals surface area (Å²) in [6.07, 6.45) is 10.1. The fraction of sp³-hybridized carbons (Fsp3) is 0.400. The second-order valence-electron chi connectivity index (χ2n) is 4.59. The molecule has 6 nitrogen and oxygen atoms in total. The van der Waals surface area contributed by atoms with Crippen LogP contribution in [0.5, 0.6) is 0 Å². The normalized spacial score (nSPS) is 16.0. The molecule has 1 aliphatic rings. The van der Waals surface area contributed by atoms with Gasteiger partial charge in [0.2, 0.25) is 0 Å². The summed E-state index contributed by atoms with van der Waals surface area (Å²) in [6, 6.07) is 0. The fourth-order valence-corrected chi connectivity index (χ4v) is 2.07. The number of carbonyl (C=O) groups excluding carboxylic acids is 1.